The SMILES string of the molecule is C[C@@H](OC(=O)Cc1cccc(C(F)(F)F)c1)C(=O)Nc1ccc(C(N)=O)cc1. The first-order valence-corrected chi connectivity index (χ1v) is 8.12. The van der Waals surface area contributed by atoms with Gasteiger partial charge in [-0.05, 0) is 42.8 Å². The van der Waals surface area contributed by atoms with Gasteiger partial charge in [0.25, 0.3) is 5.91 Å². The highest BCUT2D eigenvalue weighted by atomic mass is 19.4. The molecular weight excluding hydrogens is 377 g/mol. The van der Waals surface area contributed by atoms with E-state index in [1.807, 2.05) is 0 Å². The van der Waals surface area contributed by atoms with Crippen LogP contribution in [-0.4, -0.2) is 23.9 Å². The van der Waals surface area contributed by atoms with Crippen molar-refractivity contribution in [3.63, 3.8) is 0 Å². The van der Waals surface area contributed by atoms with E-state index in [0.717, 1.165) is 12.1 Å². The Morgan fingerprint density at radius 3 is 2.32 bits per heavy atom. The minimum Gasteiger partial charge on any atom is -0.452 e. The van der Waals surface area contributed by atoms with Gasteiger partial charge in [-0.1, -0.05) is 18.2 Å². The van der Waals surface area contributed by atoms with E-state index in [2.05, 4.69) is 5.32 Å². The second-order valence-electron chi connectivity index (χ2n) is 5.94. The number of carbonyl (C=O) groups excluding carboxylic acids is 3. The molecule has 0 heterocycles. The number of nitrogens with one attached hydrogen (secondary N) is 1. The lowest BCUT2D eigenvalue weighted by molar-refractivity contribution is -0.152. The molecule has 0 aliphatic rings. The molecule has 0 aliphatic carbocycles. The van der Waals surface area contributed by atoms with Crippen LogP contribution in [0.15, 0.2) is 48.5 Å². The first kappa shape index (κ1) is 20.9. The summed E-state index contributed by atoms with van der Waals surface area (Å²) in [4.78, 5) is 35.0. The van der Waals surface area contributed by atoms with Crippen molar-refractivity contribution in [3.8, 4) is 0 Å². The number of benzene rings is 2. The van der Waals surface area contributed by atoms with Gasteiger partial charge in [0.2, 0.25) is 5.91 Å². The third-order valence-corrected chi connectivity index (χ3v) is 3.72. The number of hydrogen-bond donors (Lipinski definition) is 2. The first-order valence-electron chi connectivity index (χ1n) is 8.12. The van der Waals surface area contributed by atoms with Crippen LogP contribution in [-0.2, 0) is 26.9 Å². The number of rotatable bonds is 6. The van der Waals surface area contributed by atoms with E-state index in [0.29, 0.717) is 5.69 Å². The summed E-state index contributed by atoms with van der Waals surface area (Å²) in [5, 5.41) is 2.49. The fraction of sp³-hybridized carbons (Fsp3) is 0.211. The molecule has 0 aromatic heterocycles. The smallest absolute Gasteiger partial charge is 0.416 e. The molecule has 9 heteroatoms. The van der Waals surface area contributed by atoms with Crippen LogP contribution in [0.3, 0.4) is 0 Å². The maximum absolute atomic E-state index is 12.7. The summed E-state index contributed by atoms with van der Waals surface area (Å²) >= 11 is 0. The van der Waals surface area contributed by atoms with Crippen molar-refractivity contribution in [1.29, 1.82) is 0 Å². The zero-order chi connectivity index (χ0) is 20.9. The lowest BCUT2D eigenvalue weighted by Crippen LogP contribution is -2.30. The van der Waals surface area contributed by atoms with E-state index >= 15 is 0 Å². The second kappa shape index (κ2) is 8.55. The zero-order valence-electron chi connectivity index (χ0n) is 14.7. The highest BCUT2D eigenvalue weighted by Gasteiger charge is 2.30. The third-order valence-electron chi connectivity index (χ3n) is 3.72. The summed E-state index contributed by atoms with van der Waals surface area (Å²) in [6.45, 7) is 1.33. The summed E-state index contributed by atoms with van der Waals surface area (Å²) in [7, 11) is 0. The minimum absolute atomic E-state index is 0.120. The molecule has 28 heavy (non-hydrogen) atoms. The van der Waals surface area contributed by atoms with Crippen LogP contribution >= 0.6 is 0 Å². The monoisotopic (exact) mass is 394 g/mol. The van der Waals surface area contributed by atoms with E-state index in [9.17, 15) is 27.6 Å². The van der Waals surface area contributed by atoms with Crippen molar-refractivity contribution in [2.45, 2.75) is 25.6 Å². The Balaban J connectivity index is 1.92. The molecule has 0 bridgehead atoms. The van der Waals surface area contributed by atoms with E-state index in [1.165, 1.54) is 43.3 Å². The van der Waals surface area contributed by atoms with Gasteiger partial charge in [-0.3, -0.25) is 14.4 Å². The Kier molecular flexibility index (Phi) is 6.40. The van der Waals surface area contributed by atoms with Gasteiger partial charge < -0.3 is 15.8 Å². The van der Waals surface area contributed by atoms with Crippen LogP contribution in [0.2, 0.25) is 0 Å². The number of nitrogens with two attached hydrogens (primary N) is 1. The van der Waals surface area contributed by atoms with Crippen LogP contribution in [0.1, 0.15) is 28.4 Å². The predicted molar refractivity (Wildman–Crippen MR) is 94.3 cm³/mol. The number of esters is 1. The van der Waals surface area contributed by atoms with Crippen LogP contribution < -0.4 is 11.1 Å². The molecule has 2 aromatic carbocycles. The highest BCUT2D eigenvalue weighted by molar-refractivity contribution is 5.96. The van der Waals surface area contributed by atoms with Crippen LogP contribution in [0.4, 0.5) is 18.9 Å². The first-order chi connectivity index (χ1) is 13.1. The molecule has 148 valence electrons. The number of alkyl halides is 3. The fourth-order valence-corrected chi connectivity index (χ4v) is 2.28. The second-order valence-corrected chi connectivity index (χ2v) is 5.94. The van der Waals surface area contributed by atoms with Gasteiger partial charge in [0.15, 0.2) is 6.10 Å². The Bertz CT molecular complexity index is 879. The number of amides is 2. The predicted octanol–water partition coefficient (Wildman–Crippen LogP) is 2.92. The molecule has 2 aromatic rings. The maximum Gasteiger partial charge on any atom is 0.416 e. The molecule has 1 atom stereocenters. The van der Waals surface area contributed by atoms with Gasteiger partial charge in [-0.2, -0.15) is 13.2 Å². The molecule has 0 unspecified atom stereocenters. The van der Waals surface area contributed by atoms with Crippen LogP contribution in [0.25, 0.3) is 0 Å². The summed E-state index contributed by atoms with van der Waals surface area (Å²) < 4.78 is 43.1. The topological polar surface area (TPSA) is 98.5 Å². The molecule has 0 saturated carbocycles. The molecule has 3 N–H and O–H groups in total. The van der Waals surface area contributed by atoms with Crippen molar-refractivity contribution in [2.24, 2.45) is 5.73 Å². The lowest BCUT2D eigenvalue weighted by atomic mass is 10.1. The normalized spacial score (nSPS) is 12.1. The lowest BCUT2D eigenvalue weighted by Gasteiger charge is -2.14. The summed E-state index contributed by atoms with van der Waals surface area (Å²) in [6, 6.07) is 10.1. The van der Waals surface area contributed by atoms with E-state index in [-0.39, 0.29) is 11.1 Å². The Labute approximate surface area is 158 Å². The molecule has 0 aliphatic heterocycles. The number of hydrogen-bond acceptors (Lipinski definition) is 4. The standard InChI is InChI=1S/C19H17F3N2O4/c1-11(18(27)24-15-7-5-13(6-8-15)17(23)26)28-16(25)10-12-3-2-4-14(9-12)19(20,21)22/h2-9,11H,10H2,1H3,(H2,23,26)(H,24,27)/t11-/m1/s1. The van der Waals surface area contributed by atoms with Crippen molar-refractivity contribution < 1.29 is 32.3 Å². The number of carbonyl (C=O) groups is 3. The summed E-state index contributed by atoms with van der Waals surface area (Å²) in [6.07, 6.45) is -6.10. The third kappa shape index (κ3) is 5.83. The fourth-order valence-electron chi connectivity index (χ4n) is 2.28. The van der Waals surface area contributed by atoms with Gasteiger partial charge in [0.1, 0.15) is 0 Å². The molecule has 0 spiro atoms. The maximum atomic E-state index is 12.7. The Morgan fingerprint density at radius 1 is 1.11 bits per heavy atom. The molecule has 2 rings (SSSR count). The number of anilines is 1. The van der Waals surface area contributed by atoms with Crippen molar-refractivity contribution in [3.05, 3.63) is 65.2 Å². The number of halogens is 3. The summed E-state index contributed by atoms with van der Waals surface area (Å²) in [5.74, 6) is -2.09. The largest absolute Gasteiger partial charge is 0.452 e. The van der Waals surface area contributed by atoms with E-state index < -0.39 is 42.0 Å². The van der Waals surface area contributed by atoms with Gasteiger partial charge in [-0.15, -0.1) is 0 Å². The molecule has 0 saturated heterocycles. The van der Waals surface area contributed by atoms with Gasteiger partial charge in [0.05, 0.1) is 12.0 Å². The average Bonchev–Trinajstić information content (AvgIpc) is 2.61. The van der Waals surface area contributed by atoms with E-state index in [1.54, 1.807) is 0 Å². The molecule has 6 nitrogen and oxygen atoms in total. The van der Waals surface area contributed by atoms with Gasteiger partial charge >= 0.3 is 12.1 Å². The summed E-state index contributed by atoms with van der Waals surface area (Å²) in [5.41, 5.74) is 4.99. The van der Waals surface area contributed by atoms with Gasteiger partial charge in [0, 0.05) is 11.3 Å². The zero-order valence-corrected chi connectivity index (χ0v) is 14.7. The molecular formula is C19H17F3N2O4. The van der Waals surface area contributed by atoms with E-state index in [4.69, 9.17) is 10.5 Å². The minimum atomic E-state index is -4.52. The quantitative estimate of drug-likeness (QED) is 0.736. The van der Waals surface area contributed by atoms with Crippen LogP contribution in [0.5, 0.6) is 0 Å². The van der Waals surface area contributed by atoms with Crippen molar-refractivity contribution in [2.75, 3.05) is 5.32 Å². The number of ether oxygens (including phenoxy) is 1. The molecule has 2 amide bonds. The molecule has 0 fully saturated rings. The van der Waals surface area contributed by atoms with Crippen molar-refractivity contribution >= 4 is 23.5 Å². The average molecular weight is 394 g/mol. The Hall–Kier alpha value is -3.36. The number of primary amides is 1. The van der Waals surface area contributed by atoms with Crippen LogP contribution in [0, 0.1) is 0 Å². The Morgan fingerprint density at radius 2 is 1.75 bits per heavy atom. The van der Waals surface area contributed by atoms with Gasteiger partial charge in [-0.25, -0.2) is 0 Å². The molecule has 0 radical (unpaired) electrons. The highest BCUT2D eigenvalue weighted by Crippen LogP contribution is 2.29. The van der Waals surface area contributed by atoms with Crippen molar-refractivity contribution in [1.82, 2.24) is 0 Å².